The molecule has 21 heavy (non-hydrogen) atoms. The largest absolute Gasteiger partial charge is 0.323 e. The Bertz CT molecular complexity index is 704. The summed E-state index contributed by atoms with van der Waals surface area (Å²) in [5.74, 6) is 0.391. The van der Waals surface area contributed by atoms with Crippen molar-refractivity contribution >= 4 is 20.6 Å². The molecule has 0 aliphatic rings. The van der Waals surface area contributed by atoms with Crippen LogP contribution in [0.2, 0.25) is 0 Å². The maximum Gasteiger partial charge on any atom is 0.152 e. The quantitative estimate of drug-likeness (QED) is 0.890. The highest BCUT2D eigenvalue weighted by molar-refractivity contribution is 7.91. The Balaban J connectivity index is 2.25. The maximum atomic E-state index is 12.2. The first-order valence-corrected chi connectivity index (χ1v) is 9.18. The topological polar surface area (TPSA) is 60.2 Å². The second-order valence-corrected chi connectivity index (χ2v) is 7.92. The van der Waals surface area contributed by atoms with Gasteiger partial charge in [-0.05, 0) is 22.3 Å². The fourth-order valence-electron chi connectivity index (χ4n) is 2.56. The second-order valence-electron chi connectivity index (χ2n) is 5.77. The van der Waals surface area contributed by atoms with Crippen LogP contribution >= 0.6 is 0 Å². The summed E-state index contributed by atoms with van der Waals surface area (Å²) in [6.45, 7) is 3.96. The lowest BCUT2D eigenvalue weighted by molar-refractivity contribution is 0.559. The van der Waals surface area contributed by atoms with E-state index in [0.29, 0.717) is 0 Å². The van der Waals surface area contributed by atoms with Gasteiger partial charge < -0.3 is 5.73 Å². The number of fused-ring (bicyclic) bond motifs is 1. The van der Waals surface area contributed by atoms with Crippen molar-refractivity contribution in [1.29, 1.82) is 0 Å². The molecule has 2 N–H and O–H groups in total. The first-order chi connectivity index (χ1) is 9.93. The third-order valence-electron chi connectivity index (χ3n) is 3.89. The van der Waals surface area contributed by atoms with Crippen LogP contribution in [0.25, 0.3) is 10.8 Å². The number of hydrogen-bond donors (Lipinski definition) is 1. The van der Waals surface area contributed by atoms with Crippen molar-refractivity contribution < 1.29 is 8.42 Å². The van der Waals surface area contributed by atoms with Gasteiger partial charge in [0.2, 0.25) is 0 Å². The normalized spacial score (nSPS) is 15.0. The summed E-state index contributed by atoms with van der Waals surface area (Å²) in [6.07, 6.45) is 0.864. The number of rotatable bonds is 6. The number of benzene rings is 2. The molecule has 0 aliphatic heterocycles. The molecule has 2 aromatic carbocycles. The first kappa shape index (κ1) is 16.0. The molecule has 2 aromatic rings. The van der Waals surface area contributed by atoms with Crippen LogP contribution in [0.1, 0.15) is 31.9 Å². The van der Waals surface area contributed by atoms with Gasteiger partial charge in [0.1, 0.15) is 0 Å². The average Bonchev–Trinajstić information content (AvgIpc) is 2.45. The zero-order chi connectivity index (χ0) is 15.5. The van der Waals surface area contributed by atoms with Crippen LogP contribution in [0, 0.1) is 5.92 Å². The maximum absolute atomic E-state index is 12.2. The van der Waals surface area contributed by atoms with Crippen molar-refractivity contribution in [2.75, 3.05) is 11.5 Å². The molecule has 0 heterocycles. The number of hydrogen-bond acceptors (Lipinski definition) is 3. The van der Waals surface area contributed by atoms with Gasteiger partial charge in [0.05, 0.1) is 11.5 Å². The molecule has 0 spiro atoms. The lowest BCUT2D eigenvalue weighted by Crippen LogP contribution is -2.26. The zero-order valence-corrected chi connectivity index (χ0v) is 13.4. The molecular formula is C17H23NO2S. The number of nitrogens with two attached hydrogens (primary N) is 1. The van der Waals surface area contributed by atoms with E-state index in [9.17, 15) is 8.42 Å². The summed E-state index contributed by atoms with van der Waals surface area (Å²) >= 11 is 0. The van der Waals surface area contributed by atoms with Crippen LogP contribution < -0.4 is 5.73 Å². The second kappa shape index (κ2) is 6.58. The Morgan fingerprint density at radius 3 is 2.43 bits per heavy atom. The van der Waals surface area contributed by atoms with E-state index in [2.05, 4.69) is 0 Å². The monoisotopic (exact) mass is 305 g/mol. The minimum absolute atomic E-state index is 0.00531. The van der Waals surface area contributed by atoms with Crippen molar-refractivity contribution in [3.63, 3.8) is 0 Å². The summed E-state index contributed by atoms with van der Waals surface area (Å²) in [6, 6.07) is 13.3. The first-order valence-electron chi connectivity index (χ1n) is 7.36. The van der Waals surface area contributed by atoms with E-state index in [1.54, 1.807) is 0 Å². The molecule has 0 fully saturated rings. The lowest BCUT2D eigenvalue weighted by Gasteiger charge is -2.16. The predicted molar refractivity (Wildman–Crippen MR) is 89.0 cm³/mol. The van der Waals surface area contributed by atoms with E-state index < -0.39 is 15.9 Å². The Morgan fingerprint density at radius 1 is 1.05 bits per heavy atom. The Labute approximate surface area is 127 Å². The standard InChI is InChI=1S/C17H23NO2S/c1-3-13(2)11-21(19,20)12-17(18)16-10-6-8-14-7-4-5-9-15(14)16/h4-10,13,17H,3,11-12,18H2,1-2H3. The molecule has 2 atom stereocenters. The van der Waals surface area contributed by atoms with Crippen molar-refractivity contribution in [3.8, 4) is 0 Å². The highest BCUT2D eigenvalue weighted by Gasteiger charge is 2.21. The van der Waals surface area contributed by atoms with Gasteiger partial charge in [-0.3, -0.25) is 0 Å². The molecule has 0 radical (unpaired) electrons. The molecule has 0 aromatic heterocycles. The van der Waals surface area contributed by atoms with E-state index >= 15 is 0 Å². The summed E-state index contributed by atoms with van der Waals surface area (Å²) in [4.78, 5) is 0. The Kier molecular flexibility index (Phi) is 5.01. The summed E-state index contributed by atoms with van der Waals surface area (Å²) < 4.78 is 24.5. The molecule has 0 bridgehead atoms. The van der Waals surface area contributed by atoms with Gasteiger partial charge >= 0.3 is 0 Å². The Hall–Kier alpha value is -1.39. The van der Waals surface area contributed by atoms with Gasteiger partial charge in [0.25, 0.3) is 0 Å². The fraction of sp³-hybridized carbons (Fsp3) is 0.412. The van der Waals surface area contributed by atoms with Crippen LogP contribution in [0.3, 0.4) is 0 Å². The molecule has 0 saturated carbocycles. The van der Waals surface area contributed by atoms with Gasteiger partial charge in [-0.2, -0.15) is 0 Å². The van der Waals surface area contributed by atoms with Crippen LogP contribution in [0.4, 0.5) is 0 Å². The summed E-state index contributed by atoms with van der Waals surface area (Å²) in [5, 5.41) is 2.12. The van der Waals surface area contributed by atoms with Gasteiger partial charge in [-0.25, -0.2) is 8.42 Å². The van der Waals surface area contributed by atoms with Crippen molar-refractivity contribution in [2.24, 2.45) is 11.7 Å². The Morgan fingerprint density at radius 2 is 1.71 bits per heavy atom. The smallest absolute Gasteiger partial charge is 0.152 e. The van der Waals surface area contributed by atoms with E-state index in [1.807, 2.05) is 56.3 Å². The van der Waals surface area contributed by atoms with Gasteiger partial charge in [0.15, 0.2) is 9.84 Å². The average molecular weight is 305 g/mol. The molecule has 2 unspecified atom stereocenters. The number of sulfone groups is 1. The van der Waals surface area contributed by atoms with Crippen LogP contribution in [-0.2, 0) is 9.84 Å². The van der Waals surface area contributed by atoms with Crippen molar-refractivity contribution in [3.05, 3.63) is 48.0 Å². The highest BCUT2D eigenvalue weighted by atomic mass is 32.2. The van der Waals surface area contributed by atoms with Crippen LogP contribution in [0.5, 0.6) is 0 Å². The highest BCUT2D eigenvalue weighted by Crippen LogP contribution is 2.24. The molecule has 114 valence electrons. The summed E-state index contributed by atoms with van der Waals surface area (Å²) in [7, 11) is -3.13. The lowest BCUT2D eigenvalue weighted by atomic mass is 10.0. The molecule has 0 saturated heterocycles. The predicted octanol–water partition coefficient (Wildman–Crippen LogP) is 3.30. The third kappa shape index (κ3) is 4.05. The van der Waals surface area contributed by atoms with E-state index in [4.69, 9.17) is 5.73 Å². The van der Waals surface area contributed by atoms with Gasteiger partial charge in [-0.15, -0.1) is 0 Å². The van der Waals surface area contributed by atoms with Gasteiger partial charge in [0, 0.05) is 6.04 Å². The minimum Gasteiger partial charge on any atom is -0.323 e. The van der Waals surface area contributed by atoms with Crippen LogP contribution in [0.15, 0.2) is 42.5 Å². The zero-order valence-electron chi connectivity index (χ0n) is 12.6. The minimum atomic E-state index is -3.13. The summed E-state index contributed by atoms with van der Waals surface area (Å²) in [5.41, 5.74) is 7.09. The van der Waals surface area contributed by atoms with Crippen molar-refractivity contribution in [1.82, 2.24) is 0 Å². The molecule has 3 nitrogen and oxygen atoms in total. The molecule has 2 rings (SSSR count). The van der Waals surface area contributed by atoms with E-state index in [-0.39, 0.29) is 17.4 Å². The molecule has 0 aliphatic carbocycles. The molecular weight excluding hydrogens is 282 g/mol. The SMILES string of the molecule is CCC(C)CS(=O)(=O)CC(N)c1cccc2ccccc12. The van der Waals surface area contributed by atoms with E-state index in [0.717, 1.165) is 22.8 Å². The van der Waals surface area contributed by atoms with E-state index in [1.165, 1.54) is 0 Å². The fourth-order valence-corrected chi connectivity index (χ4v) is 4.52. The molecule has 0 amide bonds. The third-order valence-corrected chi connectivity index (χ3v) is 5.84. The van der Waals surface area contributed by atoms with Gasteiger partial charge in [-0.1, -0.05) is 62.7 Å². The molecule has 4 heteroatoms. The van der Waals surface area contributed by atoms with Crippen LogP contribution in [-0.4, -0.2) is 19.9 Å². The van der Waals surface area contributed by atoms with Crippen molar-refractivity contribution in [2.45, 2.75) is 26.3 Å².